The van der Waals surface area contributed by atoms with Crippen molar-refractivity contribution in [2.45, 2.75) is 32.8 Å². The van der Waals surface area contributed by atoms with Gasteiger partial charge in [-0.15, -0.1) is 4.48 Å². The fraction of sp³-hybridized carbons (Fsp3) is 0.226. The van der Waals surface area contributed by atoms with Gasteiger partial charge in [-0.2, -0.15) is 4.79 Å². The summed E-state index contributed by atoms with van der Waals surface area (Å²) in [7, 11) is 1.59. The average molecular weight is 543 g/mol. The van der Waals surface area contributed by atoms with Gasteiger partial charge in [-0.3, -0.25) is 0 Å². The molecular formula is C31H32N3O6+. The maximum absolute atomic E-state index is 12.7. The van der Waals surface area contributed by atoms with Crippen LogP contribution < -0.4 is 9.22 Å². The van der Waals surface area contributed by atoms with Gasteiger partial charge >= 0.3 is 18.2 Å². The average Bonchev–Trinajstić information content (AvgIpc) is 3.37. The number of carbonyl (C=O) groups is 3. The zero-order valence-corrected chi connectivity index (χ0v) is 22.9. The Bertz CT molecular complexity index is 1440. The molecule has 0 fully saturated rings. The van der Waals surface area contributed by atoms with Gasteiger partial charge in [-0.25, -0.2) is 14.6 Å². The van der Waals surface area contributed by atoms with Crippen LogP contribution in [0.1, 0.15) is 37.6 Å². The van der Waals surface area contributed by atoms with Gasteiger partial charge in [0.25, 0.3) is 0 Å². The zero-order chi connectivity index (χ0) is 28.9. The van der Waals surface area contributed by atoms with E-state index in [1.165, 1.54) is 17.3 Å². The smallest absolute Gasteiger partial charge is 0.444 e. The number of carboxylic acid groups (broad SMARTS) is 1. The van der Waals surface area contributed by atoms with Crippen molar-refractivity contribution in [2.24, 2.45) is 4.99 Å². The molecule has 0 radical (unpaired) electrons. The number of esters is 1. The Labute approximate surface area is 233 Å². The Hall–Kier alpha value is -4.76. The van der Waals surface area contributed by atoms with Crippen LogP contribution in [0, 0.1) is 0 Å². The summed E-state index contributed by atoms with van der Waals surface area (Å²) in [4.78, 5) is 43.3. The standard InChI is InChI=1S/C31H31N3O6/c1-31(2,3)40-29(36)33(4)20-18-27-32-19-21-34(27,30(37)38)25-14-16-26(17-15-25)39-28(35)24-12-10-23(11-13-24)22-8-6-5-7-9-22/h5-17,19,21H,18,20H2,1-4H3/p+1. The Kier molecular flexibility index (Phi) is 8.16. The summed E-state index contributed by atoms with van der Waals surface area (Å²) < 4.78 is 10.2. The Morgan fingerprint density at radius 2 is 1.52 bits per heavy atom. The van der Waals surface area contributed by atoms with E-state index in [0.29, 0.717) is 17.1 Å². The third kappa shape index (κ3) is 6.27. The van der Waals surface area contributed by atoms with Crippen molar-refractivity contribution < 1.29 is 29.0 Å². The van der Waals surface area contributed by atoms with Crippen molar-refractivity contribution in [2.75, 3.05) is 13.6 Å². The highest BCUT2D eigenvalue weighted by Gasteiger charge is 2.46. The number of nitrogens with zero attached hydrogens (tertiary/aromatic N) is 3. The largest absolute Gasteiger partial charge is 0.529 e. The molecule has 0 aromatic heterocycles. The maximum Gasteiger partial charge on any atom is 0.529 e. The molecule has 1 aliphatic heterocycles. The predicted octanol–water partition coefficient (Wildman–Crippen LogP) is 6.70. The number of rotatable bonds is 7. The monoisotopic (exact) mass is 542 g/mol. The van der Waals surface area contributed by atoms with Gasteiger partial charge in [-0.1, -0.05) is 42.5 Å². The van der Waals surface area contributed by atoms with E-state index in [-0.39, 0.29) is 18.7 Å². The molecule has 0 bridgehead atoms. The van der Waals surface area contributed by atoms with Crippen molar-refractivity contribution in [3.8, 4) is 16.9 Å². The minimum Gasteiger partial charge on any atom is -0.444 e. The van der Waals surface area contributed by atoms with Crippen LogP contribution in [0.2, 0.25) is 0 Å². The molecular weight excluding hydrogens is 510 g/mol. The van der Waals surface area contributed by atoms with Crippen molar-refractivity contribution in [3.05, 3.63) is 96.8 Å². The van der Waals surface area contributed by atoms with Crippen LogP contribution in [-0.2, 0) is 4.74 Å². The lowest BCUT2D eigenvalue weighted by molar-refractivity contribution is 0.0302. The molecule has 1 atom stereocenters. The van der Waals surface area contributed by atoms with Crippen LogP contribution in [0.4, 0.5) is 15.3 Å². The summed E-state index contributed by atoms with van der Waals surface area (Å²) in [5.41, 5.74) is 2.17. The lowest BCUT2D eigenvalue weighted by Gasteiger charge is -2.28. The van der Waals surface area contributed by atoms with Gasteiger partial charge in [0.1, 0.15) is 17.6 Å². The number of carbonyl (C=O) groups excluding carboxylic acids is 2. The number of quaternary nitrogens is 1. The molecule has 1 heterocycles. The van der Waals surface area contributed by atoms with E-state index >= 15 is 0 Å². The normalized spacial score (nSPS) is 16.2. The topological polar surface area (TPSA) is 106 Å². The molecule has 2 amide bonds. The lowest BCUT2D eigenvalue weighted by atomic mass is 10.0. The molecule has 0 saturated heterocycles. The minimum absolute atomic E-state index is 0.199. The number of ether oxygens (including phenoxy) is 2. The molecule has 40 heavy (non-hydrogen) atoms. The summed E-state index contributed by atoms with van der Waals surface area (Å²) in [6.07, 6.45) is 1.43. The summed E-state index contributed by atoms with van der Waals surface area (Å²) in [5.74, 6) is 0.0740. The molecule has 9 nitrogen and oxygen atoms in total. The number of benzene rings is 3. The maximum atomic E-state index is 12.7. The molecule has 9 heteroatoms. The Morgan fingerprint density at radius 1 is 0.900 bits per heavy atom. The third-order valence-corrected chi connectivity index (χ3v) is 6.28. The van der Waals surface area contributed by atoms with E-state index in [1.807, 2.05) is 42.5 Å². The van der Waals surface area contributed by atoms with Gasteiger partial charge in [0.2, 0.25) is 5.84 Å². The summed E-state index contributed by atoms with van der Waals surface area (Å²) in [6.45, 7) is 5.54. The van der Waals surface area contributed by atoms with Gasteiger partial charge in [0, 0.05) is 25.7 Å². The second-order valence-electron chi connectivity index (χ2n) is 10.3. The minimum atomic E-state index is -1.16. The van der Waals surface area contributed by atoms with E-state index in [4.69, 9.17) is 9.47 Å². The van der Waals surface area contributed by atoms with E-state index < -0.39 is 28.2 Å². The highest BCUT2D eigenvalue weighted by atomic mass is 16.6. The van der Waals surface area contributed by atoms with E-state index in [0.717, 1.165) is 11.1 Å². The van der Waals surface area contributed by atoms with Crippen LogP contribution in [0.15, 0.2) is 96.3 Å². The van der Waals surface area contributed by atoms with Crippen LogP contribution in [-0.4, -0.2) is 53.2 Å². The van der Waals surface area contributed by atoms with Crippen LogP contribution in [0.5, 0.6) is 5.75 Å². The van der Waals surface area contributed by atoms with E-state index in [9.17, 15) is 19.5 Å². The molecule has 0 saturated carbocycles. The molecule has 1 N–H and O–H groups in total. The highest BCUT2D eigenvalue weighted by molar-refractivity contribution is 6.11. The molecule has 0 aliphatic carbocycles. The van der Waals surface area contributed by atoms with Gasteiger partial charge in [-0.05, 0) is 56.2 Å². The summed E-state index contributed by atoms with van der Waals surface area (Å²) in [5, 5.41) is 10.2. The molecule has 3 aromatic carbocycles. The molecule has 3 aromatic rings. The number of aliphatic imine (C=N–C) groups is 1. The summed E-state index contributed by atoms with van der Waals surface area (Å²) in [6, 6.07) is 23.2. The Balaban J connectivity index is 1.44. The molecule has 1 aliphatic rings. The van der Waals surface area contributed by atoms with Crippen molar-refractivity contribution in [1.82, 2.24) is 9.38 Å². The zero-order valence-electron chi connectivity index (χ0n) is 22.9. The molecule has 206 valence electrons. The Morgan fingerprint density at radius 3 is 2.12 bits per heavy atom. The molecule has 1 unspecified atom stereocenters. The SMILES string of the molecule is CN(CCC1=NC=C[N+]1(C(=O)O)c1ccc(OC(=O)c2ccc(-c3ccccc3)cc2)cc1)C(=O)OC(C)(C)C. The second-order valence-corrected chi connectivity index (χ2v) is 10.3. The highest BCUT2D eigenvalue weighted by Crippen LogP contribution is 2.32. The first-order valence-corrected chi connectivity index (χ1v) is 12.8. The number of hydrogen-bond acceptors (Lipinski definition) is 6. The van der Waals surface area contributed by atoms with Crippen LogP contribution in [0.3, 0.4) is 0 Å². The van der Waals surface area contributed by atoms with Gasteiger partial charge in [0.15, 0.2) is 5.69 Å². The fourth-order valence-electron chi connectivity index (χ4n) is 4.20. The van der Waals surface area contributed by atoms with Gasteiger partial charge in [0.05, 0.1) is 18.2 Å². The number of amidine groups is 1. The first-order chi connectivity index (χ1) is 19.0. The van der Waals surface area contributed by atoms with E-state index in [1.54, 1.807) is 64.2 Å². The predicted molar refractivity (Wildman–Crippen MR) is 153 cm³/mol. The second kappa shape index (κ2) is 11.5. The van der Waals surface area contributed by atoms with Crippen LogP contribution >= 0.6 is 0 Å². The third-order valence-electron chi connectivity index (χ3n) is 6.28. The lowest BCUT2D eigenvalue weighted by Crippen LogP contribution is -2.52. The fourth-order valence-corrected chi connectivity index (χ4v) is 4.20. The molecule has 4 rings (SSSR count). The van der Waals surface area contributed by atoms with E-state index in [2.05, 4.69) is 4.99 Å². The van der Waals surface area contributed by atoms with Crippen LogP contribution in [0.25, 0.3) is 11.1 Å². The number of amides is 2. The first kappa shape index (κ1) is 28.3. The number of hydrogen-bond donors (Lipinski definition) is 1. The van der Waals surface area contributed by atoms with Crippen molar-refractivity contribution in [1.29, 1.82) is 0 Å². The molecule has 0 spiro atoms. The van der Waals surface area contributed by atoms with Gasteiger partial charge < -0.3 is 19.5 Å². The first-order valence-electron chi connectivity index (χ1n) is 12.8. The summed E-state index contributed by atoms with van der Waals surface area (Å²) >= 11 is 0. The van der Waals surface area contributed by atoms with Crippen molar-refractivity contribution >= 4 is 29.7 Å². The quantitative estimate of drug-likeness (QED) is 0.202. The van der Waals surface area contributed by atoms with Crippen molar-refractivity contribution in [3.63, 3.8) is 0 Å².